The zero-order valence-corrected chi connectivity index (χ0v) is 15.2. The van der Waals surface area contributed by atoms with Crippen LogP contribution in [0.25, 0.3) is 0 Å². The highest BCUT2D eigenvalue weighted by atomic mass is 35.5. The van der Waals surface area contributed by atoms with Crippen molar-refractivity contribution in [1.82, 2.24) is 4.90 Å². The average Bonchev–Trinajstić information content (AvgIpc) is 2.64. The number of hydrogen-bond donors (Lipinski definition) is 0. The molecule has 1 aliphatic heterocycles. The SMILES string of the molecule is CC(C)(Oc1ccc(Cl)cc1)C(=O)N1CCO[C@@H](c2ccccc2)C1. The van der Waals surface area contributed by atoms with Gasteiger partial charge in [0.15, 0.2) is 5.60 Å². The van der Waals surface area contributed by atoms with Crippen LogP contribution in [0.1, 0.15) is 25.5 Å². The Labute approximate surface area is 153 Å². The number of halogens is 1. The van der Waals surface area contributed by atoms with E-state index in [1.165, 1.54) is 0 Å². The molecule has 0 spiro atoms. The maximum atomic E-state index is 13.0. The predicted molar refractivity (Wildman–Crippen MR) is 97.9 cm³/mol. The molecule has 132 valence electrons. The fourth-order valence-electron chi connectivity index (χ4n) is 2.92. The molecular weight excluding hydrogens is 338 g/mol. The van der Waals surface area contributed by atoms with Crippen molar-refractivity contribution < 1.29 is 14.3 Å². The van der Waals surface area contributed by atoms with Gasteiger partial charge in [0, 0.05) is 11.6 Å². The molecule has 2 aromatic carbocycles. The summed E-state index contributed by atoms with van der Waals surface area (Å²) in [6.07, 6.45) is -0.106. The fraction of sp³-hybridized carbons (Fsp3) is 0.350. The fourth-order valence-corrected chi connectivity index (χ4v) is 3.05. The molecule has 0 aliphatic carbocycles. The first kappa shape index (κ1) is 17.8. The van der Waals surface area contributed by atoms with Crippen molar-refractivity contribution in [2.75, 3.05) is 19.7 Å². The summed E-state index contributed by atoms with van der Waals surface area (Å²) in [7, 11) is 0. The van der Waals surface area contributed by atoms with Crippen LogP contribution in [0, 0.1) is 0 Å². The summed E-state index contributed by atoms with van der Waals surface area (Å²) in [6.45, 7) is 5.18. The van der Waals surface area contributed by atoms with E-state index < -0.39 is 5.60 Å². The highest BCUT2D eigenvalue weighted by Crippen LogP contribution is 2.26. The Morgan fingerprint density at radius 3 is 2.52 bits per heavy atom. The lowest BCUT2D eigenvalue weighted by Crippen LogP contribution is -2.53. The van der Waals surface area contributed by atoms with Crippen LogP contribution in [0.2, 0.25) is 5.02 Å². The molecule has 0 bridgehead atoms. The molecule has 0 radical (unpaired) electrons. The van der Waals surface area contributed by atoms with Crippen molar-refractivity contribution in [3.05, 3.63) is 65.2 Å². The monoisotopic (exact) mass is 359 g/mol. The molecule has 5 heteroatoms. The molecule has 1 heterocycles. The van der Waals surface area contributed by atoms with E-state index in [1.54, 1.807) is 38.1 Å². The zero-order valence-electron chi connectivity index (χ0n) is 14.4. The van der Waals surface area contributed by atoms with Gasteiger partial charge in [-0.3, -0.25) is 4.79 Å². The zero-order chi connectivity index (χ0) is 17.9. The topological polar surface area (TPSA) is 38.8 Å². The van der Waals surface area contributed by atoms with Gasteiger partial charge in [0.25, 0.3) is 5.91 Å². The van der Waals surface area contributed by atoms with Crippen molar-refractivity contribution in [2.24, 2.45) is 0 Å². The van der Waals surface area contributed by atoms with Crippen LogP contribution >= 0.6 is 11.6 Å². The number of nitrogens with zero attached hydrogens (tertiary/aromatic N) is 1. The van der Waals surface area contributed by atoms with Crippen molar-refractivity contribution in [1.29, 1.82) is 0 Å². The third-order valence-corrected chi connectivity index (χ3v) is 4.48. The number of hydrogen-bond acceptors (Lipinski definition) is 3. The van der Waals surface area contributed by atoms with Gasteiger partial charge in [0.05, 0.1) is 13.2 Å². The second-order valence-corrected chi connectivity index (χ2v) is 7.02. The largest absolute Gasteiger partial charge is 0.478 e. The van der Waals surface area contributed by atoms with Gasteiger partial charge in [0.2, 0.25) is 0 Å². The Bertz CT molecular complexity index is 715. The molecule has 3 rings (SSSR count). The van der Waals surface area contributed by atoms with Crippen LogP contribution in [0.4, 0.5) is 0 Å². The van der Waals surface area contributed by atoms with Crippen LogP contribution in [0.15, 0.2) is 54.6 Å². The molecule has 25 heavy (non-hydrogen) atoms. The maximum absolute atomic E-state index is 13.0. The average molecular weight is 360 g/mol. The number of carbonyl (C=O) groups is 1. The van der Waals surface area contributed by atoms with E-state index in [-0.39, 0.29) is 12.0 Å². The molecule has 1 fully saturated rings. The van der Waals surface area contributed by atoms with Crippen LogP contribution < -0.4 is 4.74 Å². The number of benzene rings is 2. The van der Waals surface area contributed by atoms with E-state index in [0.717, 1.165) is 5.56 Å². The van der Waals surface area contributed by atoms with E-state index in [2.05, 4.69) is 0 Å². The third-order valence-electron chi connectivity index (χ3n) is 4.23. The van der Waals surface area contributed by atoms with Gasteiger partial charge in [-0.25, -0.2) is 0 Å². The van der Waals surface area contributed by atoms with E-state index >= 15 is 0 Å². The van der Waals surface area contributed by atoms with Crippen LogP contribution in [-0.4, -0.2) is 36.1 Å². The van der Waals surface area contributed by atoms with Crippen LogP contribution in [0.5, 0.6) is 5.75 Å². The van der Waals surface area contributed by atoms with Gasteiger partial charge in [0.1, 0.15) is 11.9 Å². The van der Waals surface area contributed by atoms with Crippen molar-refractivity contribution in [3.8, 4) is 5.75 Å². The van der Waals surface area contributed by atoms with E-state index in [9.17, 15) is 4.79 Å². The molecule has 0 saturated carbocycles. The Morgan fingerprint density at radius 1 is 1.16 bits per heavy atom. The number of rotatable bonds is 4. The quantitative estimate of drug-likeness (QED) is 0.825. The lowest BCUT2D eigenvalue weighted by molar-refractivity contribution is -0.153. The van der Waals surface area contributed by atoms with Crippen molar-refractivity contribution in [2.45, 2.75) is 25.6 Å². The molecule has 0 N–H and O–H groups in total. The minimum atomic E-state index is -0.966. The molecule has 1 atom stereocenters. The van der Waals surface area contributed by atoms with E-state index in [0.29, 0.717) is 30.5 Å². The van der Waals surface area contributed by atoms with Crippen molar-refractivity contribution in [3.63, 3.8) is 0 Å². The van der Waals surface area contributed by atoms with Gasteiger partial charge in [-0.15, -0.1) is 0 Å². The summed E-state index contributed by atoms with van der Waals surface area (Å²) in [5.74, 6) is 0.572. The van der Waals surface area contributed by atoms with Crippen LogP contribution in [0.3, 0.4) is 0 Å². The van der Waals surface area contributed by atoms with Crippen LogP contribution in [-0.2, 0) is 9.53 Å². The molecular formula is C20H22ClNO3. The number of carbonyl (C=O) groups excluding carboxylic acids is 1. The molecule has 0 unspecified atom stereocenters. The summed E-state index contributed by atoms with van der Waals surface area (Å²) in [5.41, 5.74) is 0.114. The molecule has 1 amide bonds. The summed E-state index contributed by atoms with van der Waals surface area (Å²) >= 11 is 5.90. The Balaban J connectivity index is 1.69. The van der Waals surface area contributed by atoms with Crippen molar-refractivity contribution >= 4 is 17.5 Å². The Kier molecular flexibility index (Phi) is 5.30. The molecule has 0 aromatic heterocycles. The summed E-state index contributed by atoms with van der Waals surface area (Å²) < 4.78 is 11.8. The molecule has 1 saturated heterocycles. The summed E-state index contributed by atoms with van der Waals surface area (Å²) in [4.78, 5) is 14.8. The predicted octanol–water partition coefficient (Wildman–Crippen LogP) is 4.10. The van der Waals surface area contributed by atoms with Gasteiger partial charge < -0.3 is 14.4 Å². The third kappa shape index (κ3) is 4.33. The Hall–Kier alpha value is -2.04. The van der Waals surface area contributed by atoms with Gasteiger partial charge >= 0.3 is 0 Å². The number of morpholine rings is 1. The first-order valence-electron chi connectivity index (χ1n) is 8.36. The summed E-state index contributed by atoms with van der Waals surface area (Å²) in [6, 6.07) is 17.0. The lowest BCUT2D eigenvalue weighted by Gasteiger charge is -2.37. The van der Waals surface area contributed by atoms with Gasteiger partial charge in [-0.2, -0.15) is 0 Å². The first-order chi connectivity index (χ1) is 12.0. The normalized spacial score (nSPS) is 18.0. The maximum Gasteiger partial charge on any atom is 0.266 e. The number of ether oxygens (including phenoxy) is 2. The lowest BCUT2D eigenvalue weighted by atomic mass is 10.0. The molecule has 1 aliphatic rings. The molecule has 4 nitrogen and oxygen atoms in total. The van der Waals surface area contributed by atoms with Gasteiger partial charge in [-0.1, -0.05) is 41.9 Å². The molecule has 2 aromatic rings. The smallest absolute Gasteiger partial charge is 0.266 e. The second-order valence-electron chi connectivity index (χ2n) is 6.59. The highest BCUT2D eigenvalue weighted by molar-refractivity contribution is 6.30. The second kappa shape index (κ2) is 7.46. The highest BCUT2D eigenvalue weighted by Gasteiger charge is 2.37. The standard InChI is InChI=1S/C20H22ClNO3/c1-20(2,25-17-10-8-16(21)9-11-17)19(23)22-12-13-24-18(14-22)15-6-4-3-5-7-15/h3-11,18H,12-14H2,1-2H3/t18-/m1/s1. The minimum absolute atomic E-state index is 0.0494. The number of amides is 1. The van der Waals surface area contributed by atoms with Gasteiger partial charge in [-0.05, 0) is 43.7 Å². The Morgan fingerprint density at radius 2 is 1.84 bits per heavy atom. The van der Waals surface area contributed by atoms with E-state index in [1.807, 2.05) is 35.2 Å². The summed E-state index contributed by atoms with van der Waals surface area (Å²) in [5, 5.41) is 0.635. The minimum Gasteiger partial charge on any atom is -0.478 e. The first-order valence-corrected chi connectivity index (χ1v) is 8.74. The van der Waals surface area contributed by atoms with E-state index in [4.69, 9.17) is 21.1 Å².